The van der Waals surface area contributed by atoms with Crippen LogP contribution in [0.2, 0.25) is 10.0 Å². The van der Waals surface area contributed by atoms with Gasteiger partial charge in [0.05, 0.1) is 38.0 Å². The highest BCUT2D eigenvalue weighted by Gasteiger charge is 2.21. The zero-order chi connectivity index (χ0) is 25.5. The number of non-ortho nitro benzene ring substituents is 1. The van der Waals surface area contributed by atoms with E-state index in [4.69, 9.17) is 23.2 Å². The third-order valence-electron chi connectivity index (χ3n) is 4.68. The molecule has 0 aliphatic carbocycles. The summed E-state index contributed by atoms with van der Waals surface area (Å²) < 4.78 is 1.73. The molecule has 0 saturated carbocycles. The normalized spacial score (nSPS) is 11.5. The molecule has 1 aromatic heterocycles. The SMILES string of the molecule is C=CCn1c(SCC(=O)Nc2cc([N+](=O)[O-])ccc2Cl)nnc1[C@@H](C)NC(=O)c1ccccc1Cl. The Bertz CT molecular complexity index is 1280. The lowest BCUT2D eigenvalue weighted by Crippen LogP contribution is -2.29. The van der Waals surface area contributed by atoms with Gasteiger partial charge >= 0.3 is 0 Å². The maximum Gasteiger partial charge on any atom is 0.271 e. The Labute approximate surface area is 214 Å². The Morgan fingerprint density at radius 2 is 1.97 bits per heavy atom. The number of carbonyl (C=O) groups excluding carboxylic acids is 2. The quantitative estimate of drug-likeness (QED) is 0.163. The van der Waals surface area contributed by atoms with Gasteiger partial charge in [0.1, 0.15) is 0 Å². The van der Waals surface area contributed by atoms with E-state index < -0.39 is 16.9 Å². The summed E-state index contributed by atoms with van der Waals surface area (Å²) in [5, 5.41) is 25.6. The second-order valence-electron chi connectivity index (χ2n) is 7.17. The fourth-order valence-corrected chi connectivity index (χ4v) is 4.19. The van der Waals surface area contributed by atoms with Crippen molar-refractivity contribution in [3.8, 4) is 0 Å². The first-order valence-corrected chi connectivity index (χ1v) is 11.9. The maximum absolute atomic E-state index is 12.6. The van der Waals surface area contributed by atoms with Crippen LogP contribution in [-0.2, 0) is 11.3 Å². The Morgan fingerprint density at radius 1 is 1.23 bits per heavy atom. The number of aromatic nitrogens is 3. The molecule has 182 valence electrons. The number of halogens is 2. The molecule has 0 spiro atoms. The van der Waals surface area contributed by atoms with E-state index in [2.05, 4.69) is 27.4 Å². The molecule has 3 rings (SSSR count). The number of hydrogen-bond donors (Lipinski definition) is 2. The van der Waals surface area contributed by atoms with Crippen LogP contribution in [0.5, 0.6) is 0 Å². The zero-order valence-electron chi connectivity index (χ0n) is 18.4. The molecule has 2 amide bonds. The fourth-order valence-electron chi connectivity index (χ4n) is 3.05. The van der Waals surface area contributed by atoms with Crippen molar-refractivity contribution in [1.29, 1.82) is 0 Å². The zero-order valence-corrected chi connectivity index (χ0v) is 20.7. The van der Waals surface area contributed by atoms with Gasteiger partial charge in [0.25, 0.3) is 11.6 Å². The molecule has 2 N–H and O–H groups in total. The smallest absolute Gasteiger partial charge is 0.271 e. The highest BCUT2D eigenvalue weighted by Crippen LogP contribution is 2.27. The van der Waals surface area contributed by atoms with E-state index in [0.29, 0.717) is 28.1 Å². The third-order valence-corrected chi connectivity index (χ3v) is 6.30. The summed E-state index contributed by atoms with van der Waals surface area (Å²) in [4.78, 5) is 35.5. The maximum atomic E-state index is 12.6. The van der Waals surface area contributed by atoms with Gasteiger partial charge in [-0.15, -0.1) is 16.8 Å². The molecule has 35 heavy (non-hydrogen) atoms. The second-order valence-corrected chi connectivity index (χ2v) is 8.93. The number of nitro benzene ring substituents is 1. The van der Waals surface area contributed by atoms with Crippen LogP contribution in [0.4, 0.5) is 11.4 Å². The molecule has 2 aromatic carbocycles. The lowest BCUT2D eigenvalue weighted by molar-refractivity contribution is -0.384. The van der Waals surface area contributed by atoms with E-state index in [9.17, 15) is 19.7 Å². The highest BCUT2D eigenvalue weighted by atomic mass is 35.5. The number of nitrogens with zero attached hydrogens (tertiary/aromatic N) is 4. The summed E-state index contributed by atoms with van der Waals surface area (Å²) in [7, 11) is 0. The second kappa shape index (κ2) is 11.8. The first-order chi connectivity index (χ1) is 16.7. The third kappa shape index (κ3) is 6.59. The van der Waals surface area contributed by atoms with Gasteiger partial charge in [-0.1, -0.05) is 53.2 Å². The first-order valence-electron chi connectivity index (χ1n) is 10.2. The van der Waals surface area contributed by atoms with Crippen LogP contribution in [-0.4, -0.2) is 37.3 Å². The van der Waals surface area contributed by atoms with Gasteiger partial charge in [0, 0.05) is 18.7 Å². The standard InChI is InChI=1S/C22H20Cl2N6O4S/c1-3-10-29-20(13(2)25-21(32)15-6-4-5-7-16(15)23)27-28-22(29)35-12-19(31)26-18-11-14(30(33)34)8-9-17(18)24/h3-9,11,13H,1,10,12H2,2H3,(H,25,32)(H,26,31)/t13-/m1/s1. The summed E-state index contributed by atoms with van der Waals surface area (Å²) in [6.45, 7) is 5.84. The van der Waals surface area contributed by atoms with Crippen LogP contribution >= 0.6 is 35.0 Å². The van der Waals surface area contributed by atoms with Crippen LogP contribution in [0.15, 0.2) is 60.3 Å². The largest absolute Gasteiger partial charge is 0.342 e. The Morgan fingerprint density at radius 3 is 2.66 bits per heavy atom. The minimum atomic E-state index is -0.578. The molecule has 0 aliphatic rings. The summed E-state index contributed by atoms with van der Waals surface area (Å²) in [5.74, 6) is -0.393. The number of carbonyl (C=O) groups is 2. The van der Waals surface area contributed by atoms with Gasteiger partial charge < -0.3 is 15.2 Å². The van der Waals surface area contributed by atoms with Gasteiger partial charge in [0.2, 0.25) is 5.91 Å². The Kier molecular flexibility index (Phi) is 8.85. The molecule has 0 aliphatic heterocycles. The van der Waals surface area contributed by atoms with Crippen molar-refractivity contribution in [2.24, 2.45) is 0 Å². The molecule has 1 atom stereocenters. The van der Waals surface area contributed by atoms with Gasteiger partial charge in [-0.3, -0.25) is 19.7 Å². The minimum absolute atomic E-state index is 0.0609. The summed E-state index contributed by atoms with van der Waals surface area (Å²) in [6, 6.07) is 9.95. The monoisotopic (exact) mass is 534 g/mol. The van der Waals surface area contributed by atoms with Gasteiger partial charge in [-0.2, -0.15) is 0 Å². The summed E-state index contributed by atoms with van der Waals surface area (Å²) in [6.07, 6.45) is 1.64. The number of thioether (sulfide) groups is 1. The van der Waals surface area contributed by atoms with E-state index in [1.165, 1.54) is 18.2 Å². The molecule has 3 aromatic rings. The molecular weight excluding hydrogens is 515 g/mol. The van der Waals surface area contributed by atoms with Crippen molar-refractivity contribution in [2.75, 3.05) is 11.1 Å². The number of amides is 2. The topological polar surface area (TPSA) is 132 Å². The number of hydrogen-bond acceptors (Lipinski definition) is 7. The highest BCUT2D eigenvalue weighted by molar-refractivity contribution is 7.99. The van der Waals surface area contributed by atoms with Crippen molar-refractivity contribution in [3.63, 3.8) is 0 Å². The number of allylic oxidation sites excluding steroid dienone is 1. The van der Waals surface area contributed by atoms with Crippen LogP contribution < -0.4 is 10.6 Å². The summed E-state index contributed by atoms with van der Waals surface area (Å²) in [5.41, 5.74) is 0.276. The van der Waals surface area contributed by atoms with E-state index >= 15 is 0 Å². The Balaban J connectivity index is 1.69. The van der Waals surface area contributed by atoms with Gasteiger partial charge in [-0.25, -0.2) is 0 Å². The summed E-state index contributed by atoms with van der Waals surface area (Å²) >= 11 is 13.2. The molecule has 0 unspecified atom stereocenters. The number of nitro groups is 1. The molecule has 13 heteroatoms. The predicted octanol–water partition coefficient (Wildman–Crippen LogP) is 4.90. The van der Waals surface area contributed by atoms with Crippen LogP contribution in [0.25, 0.3) is 0 Å². The number of anilines is 1. The van der Waals surface area contributed by atoms with Gasteiger partial charge in [-0.05, 0) is 25.1 Å². The van der Waals surface area contributed by atoms with E-state index in [1.807, 2.05) is 0 Å². The predicted molar refractivity (Wildman–Crippen MR) is 135 cm³/mol. The lowest BCUT2D eigenvalue weighted by atomic mass is 10.2. The van der Waals surface area contributed by atoms with Gasteiger partial charge in [0.15, 0.2) is 11.0 Å². The molecular formula is C22H20Cl2N6O4S. The average molecular weight is 535 g/mol. The van der Waals surface area contributed by atoms with Crippen LogP contribution in [0.3, 0.4) is 0 Å². The molecule has 10 nitrogen and oxygen atoms in total. The number of benzene rings is 2. The minimum Gasteiger partial charge on any atom is -0.342 e. The van der Waals surface area contributed by atoms with E-state index in [1.54, 1.807) is 41.8 Å². The molecule has 0 bridgehead atoms. The van der Waals surface area contributed by atoms with E-state index in [0.717, 1.165) is 11.8 Å². The number of nitrogens with one attached hydrogen (secondary N) is 2. The van der Waals surface area contributed by atoms with Crippen molar-refractivity contribution in [3.05, 3.63) is 86.7 Å². The Hall–Kier alpha value is -3.41. The molecule has 0 fully saturated rings. The van der Waals surface area contributed by atoms with Crippen molar-refractivity contribution in [1.82, 2.24) is 20.1 Å². The van der Waals surface area contributed by atoms with Crippen LogP contribution in [0, 0.1) is 10.1 Å². The van der Waals surface area contributed by atoms with Crippen molar-refractivity contribution in [2.45, 2.75) is 24.7 Å². The molecule has 1 heterocycles. The van der Waals surface area contributed by atoms with E-state index in [-0.39, 0.29) is 28.1 Å². The average Bonchev–Trinajstić information content (AvgIpc) is 3.22. The van der Waals surface area contributed by atoms with Crippen LogP contribution in [0.1, 0.15) is 29.1 Å². The lowest BCUT2D eigenvalue weighted by Gasteiger charge is -2.15. The van der Waals surface area contributed by atoms with Crippen molar-refractivity contribution >= 4 is 58.2 Å². The molecule has 0 radical (unpaired) electrons. The number of rotatable bonds is 10. The molecule has 0 saturated heterocycles. The fraction of sp³-hybridized carbons (Fsp3) is 0.182. The first kappa shape index (κ1) is 26.2. The van der Waals surface area contributed by atoms with Crippen molar-refractivity contribution < 1.29 is 14.5 Å².